The lowest BCUT2D eigenvalue weighted by atomic mass is 10.1. The SMILES string of the molecule is CC(C)NC(=O)COC(=O)c1ccc(-c2ccc([N+](=O)[O-])cc2)o1. The van der Waals surface area contributed by atoms with E-state index < -0.39 is 23.4 Å². The molecule has 0 radical (unpaired) electrons. The summed E-state index contributed by atoms with van der Waals surface area (Å²) >= 11 is 0. The van der Waals surface area contributed by atoms with Gasteiger partial charge in [0.15, 0.2) is 6.61 Å². The van der Waals surface area contributed by atoms with Crippen LogP contribution in [-0.2, 0) is 9.53 Å². The van der Waals surface area contributed by atoms with Gasteiger partial charge in [-0.25, -0.2) is 4.79 Å². The molecule has 24 heavy (non-hydrogen) atoms. The summed E-state index contributed by atoms with van der Waals surface area (Å²) in [5, 5.41) is 13.2. The fourth-order valence-corrected chi connectivity index (χ4v) is 1.92. The van der Waals surface area contributed by atoms with Gasteiger partial charge < -0.3 is 14.5 Å². The number of nitro benzene ring substituents is 1. The number of amides is 1. The summed E-state index contributed by atoms with van der Waals surface area (Å²) in [5.41, 5.74) is 0.540. The Kier molecular flexibility index (Phi) is 5.31. The number of nitrogens with zero attached hydrogens (tertiary/aromatic N) is 1. The smallest absolute Gasteiger partial charge is 0.374 e. The van der Waals surface area contributed by atoms with Crippen molar-refractivity contribution in [3.05, 3.63) is 52.3 Å². The van der Waals surface area contributed by atoms with Gasteiger partial charge in [0.25, 0.3) is 11.6 Å². The summed E-state index contributed by atoms with van der Waals surface area (Å²) in [7, 11) is 0. The van der Waals surface area contributed by atoms with Crippen molar-refractivity contribution in [1.82, 2.24) is 5.32 Å². The zero-order chi connectivity index (χ0) is 17.7. The Balaban J connectivity index is 2.00. The van der Waals surface area contributed by atoms with Crippen LogP contribution in [0.1, 0.15) is 24.4 Å². The topological polar surface area (TPSA) is 112 Å². The molecule has 1 N–H and O–H groups in total. The standard InChI is InChI=1S/C16H16N2O6/c1-10(2)17-15(19)9-23-16(20)14-8-7-13(24-14)11-3-5-12(6-4-11)18(21)22/h3-8,10H,9H2,1-2H3,(H,17,19). The van der Waals surface area contributed by atoms with Gasteiger partial charge in [0.05, 0.1) is 4.92 Å². The van der Waals surface area contributed by atoms with Crippen LogP contribution in [0.4, 0.5) is 5.69 Å². The molecule has 0 spiro atoms. The minimum Gasteiger partial charge on any atom is -0.450 e. The zero-order valence-corrected chi connectivity index (χ0v) is 13.1. The van der Waals surface area contributed by atoms with Crippen molar-refractivity contribution in [3.8, 4) is 11.3 Å². The third-order valence-corrected chi connectivity index (χ3v) is 2.95. The van der Waals surface area contributed by atoms with Gasteiger partial charge in [-0.2, -0.15) is 0 Å². The summed E-state index contributed by atoms with van der Waals surface area (Å²) in [6, 6.07) is 8.63. The minimum atomic E-state index is -0.762. The first-order chi connectivity index (χ1) is 11.4. The van der Waals surface area contributed by atoms with Crippen LogP contribution in [0.5, 0.6) is 0 Å². The molecule has 2 rings (SSSR count). The molecule has 0 saturated heterocycles. The highest BCUT2D eigenvalue weighted by Gasteiger charge is 2.16. The van der Waals surface area contributed by atoms with Crippen LogP contribution in [0.3, 0.4) is 0 Å². The number of carbonyl (C=O) groups excluding carboxylic acids is 2. The van der Waals surface area contributed by atoms with Gasteiger partial charge in [-0.1, -0.05) is 0 Å². The lowest BCUT2D eigenvalue weighted by Gasteiger charge is -2.07. The fourth-order valence-electron chi connectivity index (χ4n) is 1.92. The largest absolute Gasteiger partial charge is 0.450 e. The Hall–Kier alpha value is -3.16. The summed E-state index contributed by atoms with van der Waals surface area (Å²) in [6.07, 6.45) is 0. The van der Waals surface area contributed by atoms with Gasteiger partial charge in [-0.3, -0.25) is 14.9 Å². The molecule has 0 aliphatic carbocycles. The number of hydrogen-bond acceptors (Lipinski definition) is 6. The normalized spacial score (nSPS) is 10.5. The van der Waals surface area contributed by atoms with E-state index >= 15 is 0 Å². The van der Waals surface area contributed by atoms with Crippen LogP contribution in [0.25, 0.3) is 11.3 Å². The van der Waals surface area contributed by atoms with Gasteiger partial charge in [-0.05, 0) is 38.1 Å². The molecular weight excluding hydrogens is 316 g/mol. The molecule has 8 heteroatoms. The van der Waals surface area contributed by atoms with E-state index in [1.165, 1.54) is 30.3 Å². The molecule has 2 aromatic rings. The van der Waals surface area contributed by atoms with Crippen molar-refractivity contribution in [2.75, 3.05) is 6.61 Å². The first-order valence-corrected chi connectivity index (χ1v) is 7.18. The molecule has 126 valence electrons. The van der Waals surface area contributed by atoms with Crippen LogP contribution in [-0.4, -0.2) is 29.4 Å². The molecule has 0 aliphatic heterocycles. The molecule has 1 heterocycles. The third kappa shape index (κ3) is 4.42. The molecule has 8 nitrogen and oxygen atoms in total. The molecule has 1 aromatic heterocycles. The van der Waals surface area contributed by atoms with Gasteiger partial charge in [-0.15, -0.1) is 0 Å². The second-order valence-electron chi connectivity index (χ2n) is 5.27. The van der Waals surface area contributed by atoms with Crippen LogP contribution < -0.4 is 5.32 Å². The maximum Gasteiger partial charge on any atom is 0.374 e. The maximum absolute atomic E-state index is 11.8. The quantitative estimate of drug-likeness (QED) is 0.494. The highest BCUT2D eigenvalue weighted by molar-refractivity contribution is 5.89. The highest BCUT2D eigenvalue weighted by Crippen LogP contribution is 2.24. The number of hydrogen-bond donors (Lipinski definition) is 1. The average molecular weight is 332 g/mol. The van der Waals surface area contributed by atoms with Crippen molar-refractivity contribution >= 4 is 17.6 Å². The predicted octanol–water partition coefficient (Wildman–Crippen LogP) is 2.54. The molecule has 0 fully saturated rings. The lowest BCUT2D eigenvalue weighted by molar-refractivity contribution is -0.384. The van der Waals surface area contributed by atoms with Crippen LogP contribution >= 0.6 is 0 Å². The summed E-state index contributed by atoms with van der Waals surface area (Å²) in [5.74, 6) is -0.855. The first kappa shape index (κ1) is 17.2. The van der Waals surface area contributed by atoms with E-state index in [1.807, 2.05) is 0 Å². The Morgan fingerprint density at radius 1 is 1.21 bits per heavy atom. The van der Waals surface area contributed by atoms with Gasteiger partial charge in [0, 0.05) is 23.7 Å². The van der Waals surface area contributed by atoms with E-state index in [2.05, 4.69) is 5.32 Å². The van der Waals surface area contributed by atoms with Gasteiger partial charge >= 0.3 is 5.97 Å². The number of non-ortho nitro benzene ring substituents is 1. The summed E-state index contributed by atoms with van der Waals surface area (Å²) < 4.78 is 10.2. The molecule has 0 saturated carbocycles. The molecule has 0 unspecified atom stereocenters. The number of benzene rings is 1. The van der Waals surface area contributed by atoms with Crippen molar-refractivity contribution in [2.45, 2.75) is 19.9 Å². The fraction of sp³-hybridized carbons (Fsp3) is 0.250. The Morgan fingerprint density at radius 2 is 1.88 bits per heavy atom. The van der Waals surface area contributed by atoms with Crippen LogP contribution in [0, 0.1) is 10.1 Å². The predicted molar refractivity (Wildman–Crippen MR) is 84.4 cm³/mol. The minimum absolute atomic E-state index is 0.0406. The molecule has 1 aromatic carbocycles. The van der Waals surface area contributed by atoms with E-state index in [0.29, 0.717) is 11.3 Å². The number of rotatable bonds is 6. The van der Waals surface area contributed by atoms with Crippen molar-refractivity contribution < 1.29 is 23.7 Å². The van der Waals surface area contributed by atoms with Crippen molar-refractivity contribution in [1.29, 1.82) is 0 Å². The number of carbonyl (C=O) groups is 2. The van der Waals surface area contributed by atoms with Gasteiger partial charge in [0.1, 0.15) is 5.76 Å². The maximum atomic E-state index is 11.8. The first-order valence-electron chi connectivity index (χ1n) is 7.18. The van der Waals surface area contributed by atoms with Gasteiger partial charge in [0.2, 0.25) is 5.76 Å². The molecule has 0 aliphatic rings. The second-order valence-corrected chi connectivity index (χ2v) is 5.27. The van der Waals surface area contributed by atoms with E-state index in [-0.39, 0.29) is 17.5 Å². The monoisotopic (exact) mass is 332 g/mol. The van der Waals surface area contributed by atoms with E-state index in [4.69, 9.17) is 9.15 Å². The van der Waals surface area contributed by atoms with Crippen LogP contribution in [0.15, 0.2) is 40.8 Å². The number of nitro groups is 1. The average Bonchev–Trinajstić information content (AvgIpc) is 3.02. The zero-order valence-electron chi connectivity index (χ0n) is 13.1. The summed E-state index contributed by atoms with van der Waals surface area (Å²) in [4.78, 5) is 33.4. The van der Waals surface area contributed by atoms with Crippen molar-refractivity contribution in [3.63, 3.8) is 0 Å². The van der Waals surface area contributed by atoms with Crippen molar-refractivity contribution in [2.24, 2.45) is 0 Å². The molecule has 0 atom stereocenters. The lowest BCUT2D eigenvalue weighted by Crippen LogP contribution is -2.33. The third-order valence-electron chi connectivity index (χ3n) is 2.95. The number of esters is 1. The number of furan rings is 1. The number of ether oxygens (including phenoxy) is 1. The Bertz CT molecular complexity index is 748. The van der Waals surface area contributed by atoms with Crippen LogP contribution in [0.2, 0.25) is 0 Å². The van der Waals surface area contributed by atoms with E-state index in [1.54, 1.807) is 19.9 Å². The summed E-state index contributed by atoms with van der Waals surface area (Å²) in [6.45, 7) is 3.19. The number of nitrogens with one attached hydrogen (secondary N) is 1. The van der Waals surface area contributed by atoms with E-state index in [9.17, 15) is 19.7 Å². The second kappa shape index (κ2) is 7.40. The Morgan fingerprint density at radius 3 is 2.46 bits per heavy atom. The highest BCUT2D eigenvalue weighted by atomic mass is 16.6. The van der Waals surface area contributed by atoms with E-state index in [0.717, 1.165) is 0 Å². The molecule has 0 bridgehead atoms. The molecule has 1 amide bonds. The Labute approximate surface area is 137 Å². The molecular formula is C16H16N2O6.